The van der Waals surface area contributed by atoms with Crippen molar-refractivity contribution in [1.82, 2.24) is 10.6 Å². The first kappa shape index (κ1) is 37.7. The lowest BCUT2D eigenvalue weighted by Gasteiger charge is -2.49. The number of nitrogens with one attached hydrogen (secondary N) is 2. The maximum Gasteiger partial charge on any atom is 0.303 e. The van der Waals surface area contributed by atoms with Crippen LogP contribution in [0.15, 0.2) is 0 Å². The van der Waals surface area contributed by atoms with Crippen LogP contribution in [0.5, 0.6) is 0 Å². The van der Waals surface area contributed by atoms with Crippen LogP contribution in [0.1, 0.15) is 48.5 Å². The molecule has 10 atom stereocenters. The van der Waals surface area contributed by atoms with Gasteiger partial charge in [-0.2, -0.15) is 0 Å². The van der Waals surface area contributed by atoms with Crippen LogP contribution >= 0.6 is 11.8 Å². The molecule has 0 aromatic rings. The molecule has 0 unspecified atom stereocenters. The Hall–Kier alpha value is -3.48. The van der Waals surface area contributed by atoms with Gasteiger partial charge in [-0.25, -0.2) is 0 Å². The van der Waals surface area contributed by atoms with E-state index >= 15 is 0 Å². The van der Waals surface area contributed by atoms with Crippen molar-refractivity contribution in [1.29, 1.82) is 0 Å². The first-order valence-electron chi connectivity index (χ1n) is 13.9. The molecule has 0 aliphatic carbocycles. The van der Waals surface area contributed by atoms with Crippen molar-refractivity contribution < 1.29 is 71.5 Å². The molecule has 2 N–H and O–H groups in total. The number of carbonyl (C=O) groups is 7. The maximum absolute atomic E-state index is 12.4. The second-order valence-corrected chi connectivity index (χ2v) is 11.5. The van der Waals surface area contributed by atoms with Gasteiger partial charge >= 0.3 is 29.8 Å². The molecule has 2 amide bonds. The smallest absolute Gasteiger partial charge is 0.303 e. The number of ether oxygens (including phenoxy) is 8. The minimum absolute atomic E-state index is 0.352. The van der Waals surface area contributed by atoms with Crippen LogP contribution in [0, 0.1) is 0 Å². The molecule has 2 saturated heterocycles. The predicted molar refractivity (Wildman–Crippen MR) is 151 cm³/mol. The van der Waals surface area contributed by atoms with E-state index in [4.69, 9.17) is 37.9 Å². The standard InChI is InChI=1S/C27H40N2O15S/c1-11(30)28-20-24(42-17(7)36)25(19(10-39-14(4)33)43-26(20)37-8)45-27-21(29-12(2)31)23(41-16(6)35)22(40-15(5)34)18(44-27)9-38-13(3)32/h18-27H,9-10H2,1-8H3,(H,28,30)(H,29,31)/t18-,19-,20-,21-,22-,23-,24-,25-,26-,27+/m1/s1. The largest absolute Gasteiger partial charge is 0.463 e. The Morgan fingerprint density at radius 2 is 1.07 bits per heavy atom. The van der Waals surface area contributed by atoms with Gasteiger partial charge in [0.1, 0.15) is 49.0 Å². The van der Waals surface area contributed by atoms with Crippen LogP contribution in [0.4, 0.5) is 0 Å². The SMILES string of the molecule is CO[C@@H]1O[C@H](COC(C)=O)[C@@H](S[C@@H]2O[C@H](COC(C)=O)[C@@H](OC(C)=O)[C@H](OC(C)=O)[C@H]2NC(C)=O)[C@H](OC(C)=O)[C@H]1NC(C)=O. The van der Waals surface area contributed by atoms with E-state index in [1.807, 2.05) is 0 Å². The highest BCUT2D eigenvalue weighted by molar-refractivity contribution is 8.00. The number of esters is 5. The van der Waals surface area contributed by atoms with Crippen LogP contribution < -0.4 is 10.6 Å². The van der Waals surface area contributed by atoms with Crippen LogP contribution in [0.25, 0.3) is 0 Å². The molecule has 45 heavy (non-hydrogen) atoms. The van der Waals surface area contributed by atoms with E-state index in [0.717, 1.165) is 39.5 Å². The highest BCUT2D eigenvalue weighted by atomic mass is 32.2. The van der Waals surface area contributed by atoms with Crippen LogP contribution in [-0.4, -0.2) is 122 Å². The summed E-state index contributed by atoms with van der Waals surface area (Å²) in [5.41, 5.74) is -1.20. The molecule has 0 aromatic carbocycles. The van der Waals surface area contributed by atoms with Gasteiger partial charge < -0.3 is 48.5 Å². The molecule has 2 fully saturated rings. The van der Waals surface area contributed by atoms with Crippen molar-refractivity contribution >= 4 is 53.4 Å². The summed E-state index contributed by atoms with van der Waals surface area (Å²) in [5.74, 6) is -4.70. The van der Waals surface area contributed by atoms with E-state index in [1.165, 1.54) is 27.9 Å². The molecule has 0 saturated carbocycles. The van der Waals surface area contributed by atoms with Crippen molar-refractivity contribution in [2.45, 2.75) is 108 Å². The quantitative estimate of drug-likeness (QED) is 0.191. The molecule has 2 rings (SSSR count). The number of hydrogen-bond acceptors (Lipinski definition) is 16. The van der Waals surface area contributed by atoms with Gasteiger partial charge in [-0.05, 0) is 0 Å². The first-order chi connectivity index (χ1) is 21.0. The summed E-state index contributed by atoms with van der Waals surface area (Å²) in [7, 11) is 1.30. The molecule has 254 valence electrons. The van der Waals surface area contributed by atoms with Gasteiger partial charge in [0, 0.05) is 55.6 Å². The second-order valence-electron chi connectivity index (χ2n) is 10.2. The Kier molecular flexibility index (Phi) is 14.5. The van der Waals surface area contributed by atoms with Crippen molar-refractivity contribution in [3.63, 3.8) is 0 Å². The summed E-state index contributed by atoms with van der Waals surface area (Å²) in [4.78, 5) is 84.7. The van der Waals surface area contributed by atoms with Gasteiger partial charge in [-0.1, -0.05) is 0 Å². The summed E-state index contributed by atoms with van der Waals surface area (Å²) < 4.78 is 44.8. The van der Waals surface area contributed by atoms with E-state index in [-0.39, 0.29) is 6.61 Å². The van der Waals surface area contributed by atoms with Crippen molar-refractivity contribution in [3.05, 3.63) is 0 Å². The Morgan fingerprint density at radius 1 is 0.600 bits per heavy atom. The molecule has 0 spiro atoms. The fraction of sp³-hybridized carbons (Fsp3) is 0.741. The fourth-order valence-corrected chi connectivity index (χ4v) is 6.49. The summed E-state index contributed by atoms with van der Waals surface area (Å²) >= 11 is 0.925. The summed E-state index contributed by atoms with van der Waals surface area (Å²) in [6.07, 6.45) is -7.32. The zero-order valence-electron chi connectivity index (χ0n) is 26.2. The fourth-order valence-electron chi connectivity index (χ4n) is 4.88. The molecule has 2 aliphatic rings. The van der Waals surface area contributed by atoms with E-state index in [9.17, 15) is 33.6 Å². The van der Waals surface area contributed by atoms with E-state index in [1.54, 1.807) is 0 Å². The topological polar surface area (TPSA) is 217 Å². The Bertz CT molecular complexity index is 1120. The average molecular weight is 665 g/mol. The Labute approximate surface area is 263 Å². The van der Waals surface area contributed by atoms with Gasteiger partial charge in [0.15, 0.2) is 18.5 Å². The summed E-state index contributed by atoms with van der Waals surface area (Å²) in [6.45, 7) is 7.34. The van der Waals surface area contributed by atoms with Gasteiger partial charge in [-0.3, -0.25) is 33.6 Å². The Balaban J connectivity index is 2.69. The molecular weight excluding hydrogens is 624 g/mol. The molecule has 0 bridgehead atoms. The minimum Gasteiger partial charge on any atom is -0.463 e. The van der Waals surface area contributed by atoms with Crippen molar-refractivity contribution in [3.8, 4) is 0 Å². The van der Waals surface area contributed by atoms with Crippen LogP contribution in [0.3, 0.4) is 0 Å². The van der Waals surface area contributed by atoms with E-state index in [2.05, 4.69) is 10.6 Å². The van der Waals surface area contributed by atoms with Crippen LogP contribution in [0.2, 0.25) is 0 Å². The predicted octanol–water partition coefficient (Wildman–Crippen LogP) is -0.885. The number of methoxy groups -OCH3 is 1. The molecule has 0 aromatic heterocycles. The zero-order chi connectivity index (χ0) is 34.0. The third kappa shape index (κ3) is 11.4. The normalized spacial score (nSPS) is 31.0. The second kappa shape index (κ2) is 17.3. The summed E-state index contributed by atoms with van der Waals surface area (Å²) in [6, 6.07) is -2.28. The third-order valence-corrected chi connectivity index (χ3v) is 7.92. The number of hydrogen-bond donors (Lipinski definition) is 2. The molecule has 0 radical (unpaired) electrons. The summed E-state index contributed by atoms with van der Waals surface area (Å²) in [5, 5.41) is 4.31. The highest BCUT2D eigenvalue weighted by Crippen LogP contribution is 2.40. The monoisotopic (exact) mass is 664 g/mol. The number of thioether (sulfide) groups is 1. The van der Waals surface area contributed by atoms with E-state index in [0.29, 0.717) is 0 Å². The number of rotatable bonds is 12. The molecular formula is C27H40N2O15S. The van der Waals surface area contributed by atoms with E-state index < -0.39 is 108 Å². The lowest BCUT2D eigenvalue weighted by Crippen LogP contribution is -2.68. The average Bonchev–Trinajstić information content (AvgIpc) is 2.90. The van der Waals surface area contributed by atoms with Crippen molar-refractivity contribution in [2.75, 3.05) is 20.3 Å². The number of carbonyl (C=O) groups excluding carboxylic acids is 7. The lowest BCUT2D eigenvalue weighted by atomic mass is 9.97. The molecule has 17 nitrogen and oxygen atoms in total. The van der Waals surface area contributed by atoms with Crippen molar-refractivity contribution in [2.24, 2.45) is 0 Å². The van der Waals surface area contributed by atoms with Gasteiger partial charge in [-0.15, -0.1) is 11.8 Å². The van der Waals surface area contributed by atoms with Gasteiger partial charge in [0.05, 0.1) is 5.25 Å². The number of amides is 2. The molecule has 2 aliphatic heterocycles. The minimum atomic E-state index is -1.36. The highest BCUT2D eigenvalue weighted by Gasteiger charge is 2.55. The third-order valence-electron chi connectivity index (χ3n) is 6.36. The lowest BCUT2D eigenvalue weighted by molar-refractivity contribution is -0.232. The first-order valence-corrected chi connectivity index (χ1v) is 14.8. The van der Waals surface area contributed by atoms with Gasteiger partial charge in [0.25, 0.3) is 0 Å². The van der Waals surface area contributed by atoms with Gasteiger partial charge in [0.2, 0.25) is 11.8 Å². The maximum atomic E-state index is 12.4. The zero-order valence-corrected chi connectivity index (χ0v) is 27.0. The molecule has 2 heterocycles. The van der Waals surface area contributed by atoms with Crippen LogP contribution in [-0.2, 0) is 71.5 Å². The Morgan fingerprint density at radius 3 is 1.53 bits per heavy atom. The molecule has 18 heteroatoms.